The van der Waals surface area contributed by atoms with E-state index in [1.165, 1.54) is 5.56 Å². The lowest BCUT2D eigenvalue weighted by atomic mass is 10.0. The third-order valence-electron chi connectivity index (χ3n) is 3.87. The van der Waals surface area contributed by atoms with Crippen LogP contribution in [0.2, 0.25) is 0 Å². The molecule has 1 aliphatic heterocycles. The van der Waals surface area contributed by atoms with Crippen LogP contribution in [0.1, 0.15) is 31.4 Å². The van der Waals surface area contributed by atoms with Crippen LogP contribution in [0.4, 0.5) is 0 Å². The molecule has 20 heavy (non-hydrogen) atoms. The summed E-state index contributed by atoms with van der Waals surface area (Å²) in [5.74, 6) is 0. The molecule has 1 heterocycles. The summed E-state index contributed by atoms with van der Waals surface area (Å²) >= 11 is 7.08. The fourth-order valence-corrected chi connectivity index (χ4v) is 3.45. The summed E-state index contributed by atoms with van der Waals surface area (Å²) in [6.45, 7) is 5.63. The Labute approximate surface area is 138 Å². The van der Waals surface area contributed by atoms with Crippen LogP contribution in [-0.2, 0) is 4.74 Å². The Kier molecular flexibility index (Phi) is 6.49. The van der Waals surface area contributed by atoms with Gasteiger partial charge in [0.1, 0.15) is 0 Å². The third-order valence-corrected chi connectivity index (χ3v) is 5.75. The molecule has 1 aromatic carbocycles. The Morgan fingerprint density at radius 3 is 2.55 bits per heavy atom. The van der Waals surface area contributed by atoms with Gasteiger partial charge in [0.25, 0.3) is 0 Å². The van der Waals surface area contributed by atoms with Crippen LogP contribution in [-0.4, -0.2) is 37.2 Å². The van der Waals surface area contributed by atoms with Gasteiger partial charge in [-0.1, -0.05) is 6.07 Å². The predicted octanol–water partition coefficient (Wildman–Crippen LogP) is 3.71. The number of hydrogen-bond donors (Lipinski definition) is 1. The van der Waals surface area contributed by atoms with E-state index in [0.717, 1.165) is 41.5 Å². The van der Waals surface area contributed by atoms with E-state index in [9.17, 15) is 0 Å². The molecular weight excluding hydrogens is 384 g/mol. The van der Waals surface area contributed by atoms with Gasteiger partial charge in [-0.15, -0.1) is 0 Å². The molecule has 1 fully saturated rings. The minimum Gasteiger partial charge on any atom is -0.378 e. The van der Waals surface area contributed by atoms with Gasteiger partial charge in [0.05, 0.1) is 6.10 Å². The largest absolute Gasteiger partial charge is 0.378 e. The molecule has 0 saturated carbocycles. The SMILES string of the molecule is CCOC1CCN(C(CN)c2ccc(Br)c(Br)c2)CC1. The van der Waals surface area contributed by atoms with Crippen molar-refractivity contribution in [2.24, 2.45) is 5.73 Å². The molecular formula is C15H22Br2N2O. The highest BCUT2D eigenvalue weighted by Gasteiger charge is 2.25. The quantitative estimate of drug-likeness (QED) is 0.811. The van der Waals surface area contributed by atoms with Crippen LogP contribution in [0.25, 0.3) is 0 Å². The molecule has 0 bridgehead atoms. The van der Waals surface area contributed by atoms with Crippen molar-refractivity contribution in [1.82, 2.24) is 4.90 Å². The molecule has 0 aromatic heterocycles. The Balaban J connectivity index is 2.03. The van der Waals surface area contributed by atoms with Crippen molar-refractivity contribution in [3.05, 3.63) is 32.7 Å². The zero-order valence-corrected chi connectivity index (χ0v) is 15.0. The molecule has 0 radical (unpaired) electrons. The Morgan fingerprint density at radius 2 is 2.00 bits per heavy atom. The highest BCUT2D eigenvalue weighted by molar-refractivity contribution is 9.13. The Hall–Kier alpha value is 0.0600. The lowest BCUT2D eigenvalue weighted by Gasteiger charge is -2.37. The van der Waals surface area contributed by atoms with E-state index >= 15 is 0 Å². The Bertz CT molecular complexity index is 434. The maximum Gasteiger partial charge on any atom is 0.0599 e. The zero-order chi connectivity index (χ0) is 14.5. The van der Waals surface area contributed by atoms with Gasteiger partial charge in [-0.2, -0.15) is 0 Å². The van der Waals surface area contributed by atoms with Crippen molar-refractivity contribution in [2.45, 2.75) is 31.9 Å². The number of likely N-dealkylation sites (tertiary alicyclic amines) is 1. The second-order valence-electron chi connectivity index (χ2n) is 5.12. The number of halogens is 2. The molecule has 0 spiro atoms. The minimum atomic E-state index is 0.293. The van der Waals surface area contributed by atoms with Gasteiger partial charge in [-0.3, -0.25) is 4.90 Å². The molecule has 1 aliphatic rings. The summed E-state index contributed by atoms with van der Waals surface area (Å²) < 4.78 is 7.87. The van der Waals surface area contributed by atoms with Crippen molar-refractivity contribution in [3.63, 3.8) is 0 Å². The van der Waals surface area contributed by atoms with Crippen molar-refractivity contribution in [1.29, 1.82) is 0 Å². The molecule has 1 saturated heterocycles. The van der Waals surface area contributed by atoms with Gasteiger partial charge >= 0.3 is 0 Å². The fraction of sp³-hybridized carbons (Fsp3) is 0.600. The van der Waals surface area contributed by atoms with E-state index in [-0.39, 0.29) is 0 Å². The van der Waals surface area contributed by atoms with Crippen molar-refractivity contribution in [3.8, 4) is 0 Å². The molecule has 3 nitrogen and oxygen atoms in total. The second-order valence-corrected chi connectivity index (χ2v) is 6.82. The number of piperidine rings is 1. The van der Waals surface area contributed by atoms with Crippen molar-refractivity contribution in [2.75, 3.05) is 26.2 Å². The summed E-state index contributed by atoms with van der Waals surface area (Å²) in [4.78, 5) is 2.48. The summed E-state index contributed by atoms with van der Waals surface area (Å²) in [6, 6.07) is 6.69. The van der Waals surface area contributed by atoms with E-state index in [0.29, 0.717) is 18.7 Å². The maximum absolute atomic E-state index is 6.02. The average Bonchev–Trinajstić information content (AvgIpc) is 2.46. The van der Waals surface area contributed by atoms with Crippen LogP contribution >= 0.6 is 31.9 Å². The topological polar surface area (TPSA) is 38.5 Å². The Morgan fingerprint density at radius 1 is 1.30 bits per heavy atom. The highest BCUT2D eigenvalue weighted by atomic mass is 79.9. The molecule has 2 rings (SSSR count). The molecule has 2 N–H and O–H groups in total. The number of nitrogens with zero attached hydrogens (tertiary/aromatic N) is 1. The molecule has 1 unspecified atom stereocenters. The van der Waals surface area contributed by atoms with Crippen molar-refractivity contribution < 1.29 is 4.74 Å². The van der Waals surface area contributed by atoms with Gasteiger partial charge < -0.3 is 10.5 Å². The first-order valence-corrected chi connectivity index (χ1v) is 8.75. The number of nitrogens with two attached hydrogens (primary N) is 1. The average molecular weight is 406 g/mol. The van der Waals surface area contributed by atoms with Crippen LogP contribution in [0, 0.1) is 0 Å². The fourth-order valence-electron chi connectivity index (χ4n) is 2.81. The van der Waals surface area contributed by atoms with Gasteiger partial charge in [0.15, 0.2) is 0 Å². The number of benzene rings is 1. The van der Waals surface area contributed by atoms with Crippen LogP contribution in [0.3, 0.4) is 0 Å². The number of rotatable bonds is 5. The summed E-state index contributed by atoms with van der Waals surface area (Å²) in [7, 11) is 0. The molecule has 1 atom stereocenters. The molecule has 0 aliphatic carbocycles. The lowest BCUT2D eigenvalue weighted by Crippen LogP contribution is -2.41. The monoisotopic (exact) mass is 404 g/mol. The third kappa shape index (κ3) is 4.04. The zero-order valence-electron chi connectivity index (χ0n) is 11.8. The van der Waals surface area contributed by atoms with E-state index in [2.05, 4.69) is 61.9 Å². The van der Waals surface area contributed by atoms with Crippen LogP contribution < -0.4 is 5.73 Å². The molecule has 112 valence electrons. The second kappa shape index (κ2) is 7.90. The number of ether oxygens (including phenoxy) is 1. The maximum atomic E-state index is 6.02. The standard InChI is InChI=1S/C15H22Br2N2O/c1-2-20-12-5-7-19(8-6-12)15(10-18)11-3-4-13(16)14(17)9-11/h3-4,9,12,15H,2,5-8,10,18H2,1H3. The van der Waals surface area contributed by atoms with E-state index in [4.69, 9.17) is 10.5 Å². The summed E-state index contributed by atoms with van der Waals surface area (Å²) in [5.41, 5.74) is 7.29. The first-order chi connectivity index (χ1) is 9.65. The van der Waals surface area contributed by atoms with Crippen molar-refractivity contribution >= 4 is 31.9 Å². The van der Waals surface area contributed by atoms with E-state index in [1.54, 1.807) is 0 Å². The molecule has 5 heteroatoms. The minimum absolute atomic E-state index is 0.293. The lowest BCUT2D eigenvalue weighted by molar-refractivity contribution is 0.00451. The van der Waals surface area contributed by atoms with Gasteiger partial charge in [-0.25, -0.2) is 0 Å². The van der Waals surface area contributed by atoms with Gasteiger partial charge in [0, 0.05) is 41.2 Å². The van der Waals surface area contributed by atoms with Crippen LogP contribution in [0.15, 0.2) is 27.1 Å². The molecule has 1 aromatic rings. The number of hydrogen-bond acceptors (Lipinski definition) is 3. The van der Waals surface area contributed by atoms with E-state index < -0.39 is 0 Å². The van der Waals surface area contributed by atoms with Gasteiger partial charge in [0.2, 0.25) is 0 Å². The summed E-state index contributed by atoms with van der Waals surface area (Å²) in [6.07, 6.45) is 2.62. The predicted molar refractivity (Wildman–Crippen MR) is 89.9 cm³/mol. The molecule has 0 amide bonds. The van der Waals surface area contributed by atoms with Crippen LogP contribution in [0.5, 0.6) is 0 Å². The normalized spacial score (nSPS) is 19.2. The van der Waals surface area contributed by atoms with Gasteiger partial charge in [-0.05, 0) is 69.3 Å². The first kappa shape index (κ1) is 16.4. The summed E-state index contributed by atoms with van der Waals surface area (Å²) in [5, 5.41) is 0. The van der Waals surface area contributed by atoms with E-state index in [1.807, 2.05) is 0 Å². The smallest absolute Gasteiger partial charge is 0.0599 e. The first-order valence-electron chi connectivity index (χ1n) is 7.16. The highest BCUT2D eigenvalue weighted by Crippen LogP contribution is 2.30.